The van der Waals surface area contributed by atoms with Crippen molar-refractivity contribution in [2.75, 3.05) is 7.11 Å². The fourth-order valence-corrected chi connectivity index (χ4v) is 3.21. The zero-order valence-electron chi connectivity index (χ0n) is 11.0. The molecule has 0 amide bonds. The maximum atomic E-state index is 5.79. The van der Waals surface area contributed by atoms with Crippen molar-refractivity contribution in [2.45, 2.75) is 69.4 Å². The summed E-state index contributed by atoms with van der Waals surface area (Å²) in [7, 11) is 1.83. The molecule has 0 bridgehead atoms. The predicted molar refractivity (Wildman–Crippen MR) is 70.5 cm³/mol. The molecule has 0 aliphatic heterocycles. The van der Waals surface area contributed by atoms with Gasteiger partial charge in [-0.2, -0.15) is 0 Å². The summed E-state index contributed by atoms with van der Waals surface area (Å²) < 4.78 is 5.77. The zero-order chi connectivity index (χ0) is 12.1. The lowest BCUT2D eigenvalue weighted by molar-refractivity contribution is -0.0906. The molecule has 17 heavy (non-hydrogen) atoms. The fourth-order valence-electron chi connectivity index (χ4n) is 3.21. The average Bonchev–Trinajstić information content (AvgIpc) is 2.24. The van der Waals surface area contributed by atoms with Crippen LogP contribution in [0.2, 0.25) is 0 Å². The van der Waals surface area contributed by atoms with E-state index in [-0.39, 0.29) is 11.6 Å². The van der Waals surface area contributed by atoms with Crippen molar-refractivity contribution in [3.63, 3.8) is 0 Å². The molecular weight excluding hydrogens is 212 g/mol. The van der Waals surface area contributed by atoms with Crippen molar-refractivity contribution in [2.24, 2.45) is 5.84 Å². The molecule has 2 rings (SSSR count). The molecule has 2 aliphatic rings. The van der Waals surface area contributed by atoms with Gasteiger partial charge in [-0.3, -0.25) is 11.3 Å². The molecule has 0 aromatic heterocycles. The van der Waals surface area contributed by atoms with Crippen LogP contribution < -0.4 is 11.3 Å². The highest BCUT2D eigenvalue weighted by Crippen LogP contribution is 2.41. The van der Waals surface area contributed by atoms with Gasteiger partial charge in [-0.25, -0.2) is 0 Å². The number of nitrogens with one attached hydrogen (secondary N) is 1. The molecule has 2 aliphatic carbocycles. The highest BCUT2D eigenvalue weighted by molar-refractivity contribution is 5.20. The molecular formula is C14H26N2O. The van der Waals surface area contributed by atoms with Crippen molar-refractivity contribution in [1.82, 2.24) is 5.43 Å². The lowest BCUT2D eigenvalue weighted by Gasteiger charge is -2.47. The van der Waals surface area contributed by atoms with E-state index < -0.39 is 0 Å². The second-order valence-electron chi connectivity index (χ2n) is 5.45. The summed E-state index contributed by atoms with van der Waals surface area (Å²) in [6.45, 7) is 0. The Kier molecular flexibility index (Phi) is 4.60. The van der Waals surface area contributed by atoms with Gasteiger partial charge in [0.05, 0.1) is 11.6 Å². The second-order valence-corrected chi connectivity index (χ2v) is 5.45. The molecule has 0 saturated heterocycles. The molecule has 1 unspecified atom stereocenters. The van der Waals surface area contributed by atoms with Crippen LogP contribution >= 0.6 is 0 Å². The first kappa shape index (κ1) is 13.1. The smallest absolute Gasteiger partial charge is 0.0882 e. The van der Waals surface area contributed by atoms with E-state index in [0.717, 1.165) is 12.8 Å². The fraction of sp³-hybridized carbons (Fsp3) is 0.857. The number of ether oxygens (including phenoxy) is 1. The van der Waals surface area contributed by atoms with Crippen LogP contribution in [-0.2, 0) is 4.74 Å². The lowest BCUT2D eigenvalue weighted by Crippen LogP contribution is -2.59. The Hall–Kier alpha value is -0.380. The summed E-state index contributed by atoms with van der Waals surface area (Å²) >= 11 is 0. The average molecular weight is 238 g/mol. The van der Waals surface area contributed by atoms with Gasteiger partial charge < -0.3 is 4.74 Å². The van der Waals surface area contributed by atoms with Gasteiger partial charge in [0.1, 0.15) is 0 Å². The van der Waals surface area contributed by atoms with E-state index in [1.165, 1.54) is 50.5 Å². The number of rotatable bonds is 4. The van der Waals surface area contributed by atoms with Crippen molar-refractivity contribution in [3.8, 4) is 0 Å². The standard InChI is InChI=1S/C14H26N2O/c1-17-14(10-7-11-14)13(16-15)12-8-5-3-2-4-6-9-12/h8,13,16H,2-7,9-11,15H2,1H3. The molecule has 0 spiro atoms. The topological polar surface area (TPSA) is 47.3 Å². The van der Waals surface area contributed by atoms with Gasteiger partial charge >= 0.3 is 0 Å². The van der Waals surface area contributed by atoms with Crippen LogP contribution in [0.1, 0.15) is 57.8 Å². The number of allylic oxidation sites excluding steroid dienone is 1. The molecule has 0 heterocycles. The molecule has 3 nitrogen and oxygen atoms in total. The van der Waals surface area contributed by atoms with E-state index in [4.69, 9.17) is 10.6 Å². The maximum Gasteiger partial charge on any atom is 0.0882 e. The minimum atomic E-state index is -0.0280. The minimum absolute atomic E-state index is 0.0280. The Balaban J connectivity index is 2.10. The summed E-state index contributed by atoms with van der Waals surface area (Å²) in [5.74, 6) is 5.79. The summed E-state index contributed by atoms with van der Waals surface area (Å²) in [5, 5.41) is 0. The molecule has 1 saturated carbocycles. The molecule has 1 atom stereocenters. The second kappa shape index (κ2) is 5.98. The third-order valence-electron chi connectivity index (χ3n) is 4.50. The third-order valence-corrected chi connectivity index (χ3v) is 4.50. The molecule has 98 valence electrons. The summed E-state index contributed by atoms with van der Waals surface area (Å²) in [6, 6.07) is 0.222. The highest BCUT2D eigenvalue weighted by Gasteiger charge is 2.45. The van der Waals surface area contributed by atoms with Gasteiger partial charge in [0.2, 0.25) is 0 Å². The SMILES string of the molecule is COC1(C(NN)C2=CCCCCCC2)CCC1. The highest BCUT2D eigenvalue weighted by atomic mass is 16.5. The van der Waals surface area contributed by atoms with Crippen LogP contribution in [0.4, 0.5) is 0 Å². The normalized spacial score (nSPS) is 26.4. The molecule has 3 heteroatoms. The van der Waals surface area contributed by atoms with Gasteiger partial charge in [0.25, 0.3) is 0 Å². The van der Waals surface area contributed by atoms with Crippen LogP contribution in [0.3, 0.4) is 0 Å². The van der Waals surface area contributed by atoms with Gasteiger partial charge in [-0.05, 0) is 44.9 Å². The van der Waals surface area contributed by atoms with E-state index in [1.54, 1.807) is 0 Å². The first-order valence-corrected chi connectivity index (χ1v) is 7.02. The Bertz CT molecular complexity index is 266. The lowest BCUT2D eigenvalue weighted by atomic mass is 9.71. The Morgan fingerprint density at radius 3 is 2.59 bits per heavy atom. The number of methoxy groups -OCH3 is 1. The largest absolute Gasteiger partial charge is 0.376 e. The first-order valence-electron chi connectivity index (χ1n) is 7.02. The van der Waals surface area contributed by atoms with Crippen molar-refractivity contribution < 1.29 is 4.74 Å². The quantitative estimate of drug-likeness (QED) is 0.450. The van der Waals surface area contributed by atoms with E-state index in [1.807, 2.05) is 7.11 Å². The van der Waals surface area contributed by atoms with Crippen molar-refractivity contribution >= 4 is 0 Å². The summed E-state index contributed by atoms with van der Waals surface area (Å²) in [4.78, 5) is 0. The van der Waals surface area contributed by atoms with E-state index in [2.05, 4.69) is 11.5 Å². The van der Waals surface area contributed by atoms with E-state index in [0.29, 0.717) is 0 Å². The number of hydrazine groups is 1. The van der Waals surface area contributed by atoms with Crippen LogP contribution in [-0.4, -0.2) is 18.8 Å². The number of hydrogen-bond donors (Lipinski definition) is 2. The van der Waals surface area contributed by atoms with E-state index in [9.17, 15) is 0 Å². The predicted octanol–water partition coefficient (Wildman–Crippen LogP) is 2.67. The van der Waals surface area contributed by atoms with Gasteiger partial charge in [0.15, 0.2) is 0 Å². The molecule has 0 aromatic carbocycles. The summed E-state index contributed by atoms with van der Waals surface area (Å²) in [5.41, 5.74) is 4.47. The minimum Gasteiger partial charge on any atom is -0.376 e. The number of hydrogen-bond acceptors (Lipinski definition) is 3. The van der Waals surface area contributed by atoms with Crippen LogP contribution in [0.25, 0.3) is 0 Å². The number of nitrogens with two attached hydrogens (primary N) is 1. The van der Waals surface area contributed by atoms with Crippen LogP contribution in [0, 0.1) is 0 Å². The zero-order valence-corrected chi connectivity index (χ0v) is 11.0. The molecule has 0 radical (unpaired) electrons. The molecule has 3 N–H and O–H groups in total. The van der Waals surface area contributed by atoms with Crippen LogP contribution in [0.15, 0.2) is 11.6 Å². The first-order chi connectivity index (χ1) is 8.32. The Morgan fingerprint density at radius 2 is 2.00 bits per heavy atom. The summed E-state index contributed by atoms with van der Waals surface area (Å²) in [6.07, 6.45) is 13.7. The van der Waals surface area contributed by atoms with Crippen LogP contribution in [0.5, 0.6) is 0 Å². The molecule has 1 fully saturated rings. The third kappa shape index (κ3) is 2.72. The monoisotopic (exact) mass is 238 g/mol. The van der Waals surface area contributed by atoms with Gasteiger partial charge in [0, 0.05) is 7.11 Å². The molecule has 0 aromatic rings. The maximum absolute atomic E-state index is 5.79. The Labute approximate surface area is 105 Å². The van der Waals surface area contributed by atoms with Crippen molar-refractivity contribution in [1.29, 1.82) is 0 Å². The van der Waals surface area contributed by atoms with Gasteiger partial charge in [-0.1, -0.05) is 24.5 Å². The van der Waals surface area contributed by atoms with Crippen molar-refractivity contribution in [3.05, 3.63) is 11.6 Å². The van der Waals surface area contributed by atoms with Gasteiger partial charge in [-0.15, -0.1) is 0 Å². The Morgan fingerprint density at radius 1 is 1.24 bits per heavy atom. The van der Waals surface area contributed by atoms with E-state index >= 15 is 0 Å².